The first-order valence-corrected chi connectivity index (χ1v) is 14.5. The van der Waals surface area contributed by atoms with Crippen molar-refractivity contribution in [3.8, 4) is 11.8 Å². The molecule has 0 radical (unpaired) electrons. The number of nitriles is 1. The molecule has 194 valence electrons. The minimum Gasteiger partial charge on any atom is -0.422 e. The highest BCUT2D eigenvalue weighted by Gasteiger charge is 2.22. The second kappa shape index (κ2) is 15.5. The Kier molecular flexibility index (Phi) is 12.0. The van der Waals surface area contributed by atoms with Gasteiger partial charge in [-0.05, 0) is 79.3 Å². The van der Waals surface area contributed by atoms with Gasteiger partial charge in [0.25, 0.3) is 0 Å². The van der Waals surface area contributed by atoms with Crippen LogP contribution in [0.4, 0.5) is 0 Å². The average Bonchev–Trinajstić information content (AvgIpc) is 2.91. The van der Waals surface area contributed by atoms with Gasteiger partial charge in [0, 0.05) is 0 Å². The van der Waals surface area contributed by atoms with Crippen molar-refractivity contribution in [2.45, 2.75) is 116 Å². The van der Waals surface area contributed by atoms with Crippen molar-refractivity contribution in [3.63, 3.8) is 0 Å². The molecule has 2 aromatic rings. The van der Waals surface area contributed by atoms with E-state index in [0.717, 1.165) is 24.3 Å². The van der Waals surface area contributed by atoms with E-state index in [1.54, 1.807) is 6.07 Å². The van der Waals surface area contributed by atoms with Crippen molar-refractivity contribution in [2.75, 3.05) is 0 Å². The molecule has 0 atom stereocenters. The summed E-state index contributed by atoms with van der Waals surface area (Å²) in [5.74, 6) is 1.42. The van der Waals surface area contributed by atoms with Crippen molar-refractivity contribution < 1.29 is 9.53 Å². The van der Waals surface area contributed by atoms with Gasteiger partial charge < -0.3 is 4.74 Å². The van der Waals surface area contributed by atoms with Crippen molar-refractivity contribution in [3.05, 3.63) is 64.7 Å². The Balaban J connectivity index is 1.41. The number of rotatable bonds is 14. The summed E-state index contributed by atoms with van der Waals surface area (Å²) in [6.07, 6.45) is 19.7. The van der Waals surface area contributed by atoms with E-state index in [4.69, 9.17) is 4.74 Å². The van der Waals surface area contributed by atoms with Gasteiger partial charge in [0.1, 0.15) is 11.8 Å². The summed E-state index contributed by atoms with van der Waals surface area (Å²) in [4.78, 5) is 12.7. The van der Waals surface area contributed by atoms with Gasteiger partial charge in [-0.2, -0.15) is 5.26 Å². The number of nitrogens with zero attached hydrogens (tertiary/aromatic N) is 1. The number of unbranched alkanes of at least 4 members (excludes halogenated alkanes) is 7. The Morgan fingerprint density at radius 2 is 1.53 bits per heavy atom. The lowest BCUT2D eigenvalue weighted by molar-refractivity contribution is 0.0734. The summed E-state index contributed by atoms with van der Waals surface area (Å²) in [5.41, 5.74) is 3.36. The fourth-order valence-corrected chi connectivity index (χ4v) is 5.60. The second-order valence-corrected chi connectivity index (χ2v) is 10.7. The molecule has 1 aliphatic rings. The quantitative estimate of drug-likeness (QED) is 0.151. The van der Waals surface area contributed by atoms with E-state index in [2.05, 4.69) is 32.0 Å². The van der Waals surface area contributed by atoms with Crippen LogP contribution in [-0.2, 0) is 6.42 Å². The molecule has 36 heavy (non-hydrogen) atoms. The summed E-state index contributed by atoms with van der Waals surface area (Å²) >= 11 is 0. The maximum atomic E-state index is 12.7. The second-order valence-electron chi connectivity index (χ2n) is 10.7. The smallest absolute Gasteiger partial charge is 0.343 e. The van der Waals surface area contributed by atoms with Crippen LogP contribution in [0, 0.1) is 17.2 Å². The number of esters is 1. The first-order valence-electron chi connectivity index (χ1n) is 14.5. The molecule has 0 bridgehead atoms. The molecule has 0 spiro atoms. The van der Waals surface area contributed by atoms with E-state index in [-0.39, 0.29) is 0 Å². The van der Waals surface area contributed by atoms with Crippen LogP contribution in [0.5, 0.6) is 5.75 Å². The molecule has 3 rings (SSSR count). The van der Waals surface area contributed by atoms with Crippen molar-refractivity contribution in [1.29, 1.82) is 5.26 Å². The molecule has 1 aliphatic carbocycles. The molecule has 0 N–H and O–H groups in total. The van der Waals surface area contributed by atoms with Crippen LogP contribution in [0.1, 0.15) is 137 Å². The fraction of sp³-hybridized carbons (Fsp3) is 0.576. The predicted octanol–water partition coefficient (Wildman–Crippen LogP) is 9.53. The van der Waals surface area contributed by atoms with Gasteiger partial charge in [-0.1, -0.05) is 96.3 Å². The molecule has 3 nitrogen and oxygen atoms in total. The normalized spacial score (nSPS) is 17.5. The molecule has 0 aromatic heterocycles. The lowest BCUT2D eigenvalue weighted by atomic mass is 9.77. The molecule has 0 saturated heterocycles. The molecule has 3 heteroatoms. The third-order valence-electron chi connectivity index (χ3n) is 7.84. The van der Waals surface area contributed by atoms with E-state index in [1.165, 1.54) is 89.0 Å². The lowest BCUT2D eigenvalue weighted by Gasteiger charge is -2.29. The molecule has 0 amide bonds. The van der Waals surface area contributed by atoms with E-state index in [9.17, 15) is 10.1 Å². The number of ether oxygens (including phenoxy) is 1. The van der Waals surface area contributed by atoms with Gasteiger partial charge in [-0.3, -0.25) is 0 Å². The number of aryl methyl sites for hydroxylation is 1. The van der Waals surface area contributed by atoms with Crippen LogP contribution in [0.15, 0.2) is 42.5 Å². The maximum Gasteiger partial charge on any atom is 0.343 e. The topological polar surface area (TPSA) is 50.1 Å². The highest BCUT2D eigenvalue weighted by Crippen LogP contribution is 2.38. The Bertz CT molecular complexity index is 964. The van der Waals surface area contributed by atoms with Gasteiger partial charge >= 0.3 is 5.97 Å². The van der Waals surface area contributed by atoms with Crippen LogP contribution in [0.2, 0.25) is 0 Å². The summed E-state index contributed by atoms with van der Waals surface area (Å²) in [7, 11) is 0. The predicted molar refractivity (Wildman–Crippen MR) is 148 cm³/mol. The minimum absolute atomic E-state index is 0.334. The number of carbonyl (C=O) groups excluding carboxylic acids is 1. The standard InChI is InChI=1S/C33H45NO2/c1-3-5-6-7-8-9-10-11-13-26-14-17-28(18-15-26)29-19-21-30(22-20-29)33(35)36-32-23-16-27(12-4-2)24-31(32)25-34/h16,19-24,26,28H,3-15,17-18H2,1-2H3. The van der Waals surface area contributed by atoms with E-state index in [0.29, 0.717) is 22.8 Å². The molecule has 1 fully saturated rings. The van der Waals surface area contributed by atoms with Gasteiger partial charge in [0.15, 0.2) is 0 Å². The SMILES string of the molecule is CCCCCCCCCCC1CCC(c2ccc(C(=O)Oc3ccc(CCC)cc3C#N)cc2)CC1. The Hall–Kier alpha value is -2.60. The third-order valence-corrected chi connectivity index (χ3v) is 7.84. The first kappa shape index (κ1) is 28.0. The number of benzene rings is 2. The Morgan fingerprint density at radius 1 is 0.861 bits per heavy atom. The van der Waals surface area contributed by atoms with E-state index >= 15 is 0 Å². The van der Waals surface area contributed by atoms with Crippen LogP contribution in [0.3, 0.4) is 0 Å². The molecule has 0 heterocycles. The molecule has 1 saturated carbocycles. The van der Waals surface area contributed by atoms with Gasteiger partial charge in [0.2, 0.25) is 0 Å². The van der Waals surface area contributed by atoms with Crippen molar-refractivity contribution in [2.24, 2.45) is 5.92 Å². The zero-order chi connectivity index (χ0) is 25.6. The zero-order valence-electron chi connectivity index (χ0n) is 22.6. The minimum atomic E-state index is -0.407. The van der Waals surface area contributed by atoms with E-state index in [1.807, 2.05) is 24.3 Å². The molecular weight excluding hydrogens is 442 g/mol. The average molecular weight is 488 g/mol. The van der Waals surface area contributed by atoms with Crippen LogP contribution < -0.4 is 4.74 Å². The monoisotopic (exact) mass is 487 g/mol. The van der Waals surface area contributed by atoms with Gasteiger partial charge in [-0.15, -0.1) is 0 Å². The van der Waals surface area contributed by atoms with E-state index < -0.39 is 5.97 Å². The van der Waals surface area contributed by atoms with Crippen LogP contribution in [0.25, 0.3) is 0 Å². The lowest BCUT2D eigenvalue weighted by Crippen LogP contribution is -2.14. The molecule has 0 unspecified atom stereocenters. The zero-order valence-corrected chi connectivity index (χ0v) is 22.6. The number of hydrogen-bond donors (Lipinski definition) is 0. The summed E-state index contributed by atoms with van der Waals surface area (Å²) in [5, 5.41) is 9.46. The van der Waals surface area contributed by atoms with Gasteiger partial charge in [0.05, 0.1) is 11.1 Å². The Labute approximate surface area is 219 Å². The van der Waals surface area contributed by atoms with Gasteiger partial charge in [-0.25, -0.2) is 4.79 Å². The summed E-state index contributed by atoms with van der Waals surface area (Å²) < 4.78 is 5.57. The van der Waals surface area contributed by atoms with Crippen LogP contribution >= 0.6 is 0 Å². The highest BCUT2D eigenvalue weighted by molar-refractivity contribution is 5.91. The number of hydrogen-bond acceptors (Lipinski definition) is 3. The maximum absolute atomic E-state index is 12.7. The van der Waals surface area contributed by atoms with Crippen molar-refractivity contribution in [1.82, 2.24) is 0 Å². The molecular formula is C33H45NO2. The summed E-state index contributed by atoms with van der Waals surface area (Å²) in [6.45, 7) is 4.38. The Morgan fingerprint density at radius 3 is 2.17 bits per heavy atom. The van der Waals surface area contributed by atoms with Crippen molar-refractivity contribution >= 4 is 5.97 Å². The molecule has 2 aromatic carbocycles. The first-order chi connectivity index (χ1) is 17.6. The fourth-order valence-electron chi connectivity index (χ4n) is 5.60. The molecule has 0 aliphatic heterocycles. The largest absolute Gasteiger partial charge is 0.422 e. The number of carbonyl (C=O) groups is 1. The summed E-state index contributed by atoms with van der Waals surface area (Å²) in [6, 6.07) is 15.6. The van der Waals surface area contributed by atoms with Crippen LogP contribution in [-0.4, -0.2) is 5.97 Å². The third kappa shape index (κ3) is 8.81. The highest BCUT2D eigenvalue weighted by atomic mass is 16.5.